The minimum Gasteiger partial charge on any atom is -0.491 e. The second-order valence-electron chi connectivity index (χ2n) is 8.01. The van der Waals surface area contributed by atoms with Crippen molar-refractivity contribution in [2.45, 2.75) is 32.0 Å². The lowest BCUT2D eigenvalue weighted by Gasteiger charge is -2.29. The van der Waals surface area contributed by atoms with E-state index in [9.17, 15) is 17.6 Å². The van der Waals surface area contributed by atoms with Crippen LogP contribution in [0.25, 0.3) is 28.1 Å². The number of nitrogens with zero attached hydrogens (tertiary/aromatic N) is 5. The molecule has 1 saturated heterocycles. The van der Waals surface area contributed by atoms with Crippen molar-refractivity contribution in [1.29, 1.82) is 0 Å². The monoisotopic (exact) mass is 459 g/mol. The third-order valence-electron chi connectivity index (χ3n) is 5.83. The highest BCUT2D eigenvalue weighted by Crippen LogP contribution is 2.39. The number of halogens is 4. The number of rotatable bonds is 5. The summed E-state index contributed by atoms with van der Waals surface area (Å²) in [6, 6.07) is 7.46. The second-order valence-corrected chi connectivity index (χ2v) is 8.01. The van der Waals surface area contributed by atoms with Crippen LogP contribution < -0.4 is 4.74 Å². The van der Waals surface area contributed by atoms with E-state index in [1.165, 1.54) is 39.8 Å². The van der Waals surface area contributed by atoms with Crippen LogP contribution in [0.5, 0.6) is 5.75 Å². The Bertz CT molecular complexity index is 1310. The van der Waals surface area contributed by atoms with Crippen LogP contribution in [0, 0.1) is 5.82 Å². The minimum absolute atomic E-state index is 0.0849. The Kier molecular flexibility index (Phi) is 5.40. The molecule has 0 spiro atoms. The Morgan fingerprint density at radius 1 is 1.06 bits per heavy atom. The molecule has 4 heterocycles. The second kappa shape index (κ2) is 8.26. The zero-order chi connectivity index (χ0) is 23.2. The molecule has 33 heavy (non-hydrogen) atoms. The van der Waals surface area contributed by atoms with Gasteiger partial charge < -0.3 is 4.74 Å². The molecule has 1 aliphatic rings. The largest absolute Gasteiger partial charge is 0.491 e. The van der Waals surface area contributed by atoms with Gasteiger partial charge in [-0.05, 0) is 56.6 Å². The van der Waals surface area contributed by atoms with Crippen molar-refractivity contribution >= 4 is 16.6 Å². The predicted octanol–water partition coefficient (Wildman–Crippen LogP) is 5.18. The summed E-state index contributed by atoms with van der Waals surface area (Å²) in [6.07, 6.45) is -1.48. The number of hydrogen-bond donors (Lipinski definition) is 0. The maximum Gasteiger partial charge on any atom is 0.408 e. The number of ether oxygens (including phenoxy) is 1. The van der Waals surface area contributed by atoms with E-state index >= 15 is 0 Å². The quantitative estimate of drug-likeness (QED) is 0.385. The normalized spacial score (nSPS) is 16.0. The Morgan fingerprint density at radius 3 is 2.58 bits per heavy atom. The van der Waals surface area contributed by atoms with Gasteiger partial charge in [0.25, 0.3) is 0 Å². The van der Waals surface area contributed by atoms with Crippen molar-refractivity contribution in [3.8, 4) is 17.3 Å². The predicted molar refractivity (Wildman–Crippen MR) is 114 cm³/mol. The summed E-state index contributed by atoms with van der Waals surface area (Å²) in [5.41, 5.74) is 1.42. The number of benzene rings is 1. The maximum absolute atomic E-state index is 14.2. The average molecular weight is 459 g/mol. The van der Waals surface area contributed by atoms with Gasteiger partial charge in [-0.25, -0.2) is 9.37 Å². The molecule has 0 amide bonds. The first kappa shape index (κ1) is 21.6. The molecule has 0 aliphatic carbocycles. The lowest BCUT2D eigenvalue weighted by atomic mass is 10.1. The SMILES string of the molecule is CCOc1cc2nc(-c3nnc4ccc([C@H](N5CCCC5)C(F)(F)F)cn34)ccc2cc1F. The fourth-order valence-electron chi connectivity index (χ4n) is 4.36. The van der Waals surface area contributed by atoms with Crippen LogP contribution in [0.4, 0.5) is 17.6 Å². The molecule has 10 heteroatoms. The number of pyridine rings is 2. The first-order chi connectivity index (χ1) is 15.8. The van der Waals surface area contributed by atoms with Gasteiger partial charge in [0.05, 0.1) is 12.1 Å². The number of fused-ring (bicyclic) bond motifs is 2. The molecule has 5 rings (SSSR count). The van der Waals surface area contributed by atoms with E-state index in [2.05, 4.69) is 15.2 Å². The van der Waals surface area contributed by atoms with E-state index in [1.54, 1.807) is 19.1 Å². The molecule has 3 aromatic heterocycles. The molecule has 0 unspecified atom stereocenters. The van der Waals surface area contributed by atoms with E-state index in [0.29, 0.717) is 47.8 Å². The Morgan fingerprint density at radius 2 is 1.85 bits per heavy atom. The van der Waals surface area contributed by atoms with Crippen molar-refractivity contribution in [2.75, 3.05) is 19.7 Å². The molecular weight excluding hydrogens is 438 g/mol. The molecule has 6 nitrogen and oxygen atoms in total. The molecule has 4 aromatic rings. The zero-order valence-corrected chi connectivity index (χ0v) is 17.8. The molecule has 0 bridgehead atoms. The topological polar surface area (TPSA) is 55.6 Å². The van der Waals surface area contributed by atoms with Gasteiger partial charge in [0.1, 0.15) is 11.7 Å². The highest BCUT2D eigenvalue weighted by molar-refractivity contribution is 5.82. The molecule has 1 aromatic carbocycles. The summed E-state index contributed by atoms with van der Waals surface area (Å²) in [4.78, 5) is 6.01. The Labute approximate surface area is 186 Å². The van der Waals surface area contributed by atoms with E-state index in [1.807, 2.05) is 0 Å². The third-order valence-corrected chi connectivity index (χ3v) is 5.83. The van der Waals surface area contributed by atoms with Crippen LogP contribution in [-0.4, -0.2) is 50.4 Å². The summed E-state index contributed by atoms with van der Waals surface area (Å²) in [6.45, 7) is 2.87. The van der Waals surface area contributed by atoms with Crippen LogP contribution in [0.2, 0.25) is 0 Å². The number of likely N-dealkylation sites (tertiary alicyclic amines) is 1. The Hall–Kier alpha value is -3.27. The van der Waals surface area contributed by atoms with Crippen LogP contribution in [0.1, 0.15) is 31.4 Å². The molecular formula is C23H21F4N5O. The summed E-state index contributed by atoms with van der Waals surface area (Å²) in [5, 5.41) is 8.82. The first-order valence-electron chi connectivity index (χ1n) is 10.7. The van der Waals surface area contributed by atoms with Gasteiger partial charge in [0.2, 0.25) is 0 Å². The van der Waals surface area contributed by atoms with Crippen molar-refractivity contribution in [3.05, 3.63) is 54.0 Å². The molecule has 0 radical (unpaired) electrons. The first-order valence-corrected chi connectivity index (χ1v) is 10.7. The van der Waals surface area contributed by atoms with Gasteiger partial charge >= 0.3 is 6.18 Å². The van der Waals surface area contributed by atoms with Gasteiger partial charge in [-0.2, -0.15) is 13.2 Å². The molecule has 1 aliphatic heterocycles. The molecule has 1 atom stereocenters. The summed E-state index contributed by atoms with van der Waals surface area (Å²) in [7, 11) is 0. The fraction of sp³-hybridized carbons (Fsp3) is 0.348. The van der Waals surface area contributed by atoms with Crippen molar-refractivity contribution < 1.29 is 22.3 Å². The lowest BCUT2D eigenvalue weighted by molar-refractivity contribution is -0.183. The number of alkyl halides is 3. The van der Waals surface area contributed by atoms with Gasteiger partial charge in [0, 0.05) is 17.6 Å². The van der Waals surface area contributed by atoms with Gasteiger partial charge in [-0.1, -0.05) is 12.1 Å². The Balaban J connectivity index is 1.60. The van der Waals surface area contributed by atoms with Crippen molar-refractivity contribution in [2.24, 2.45) is 0 Å². The van der Waals surface area contributed by atoms with Gasteiger partial charge in [-0.15, -0.1) is 10.2 Å². The molecule has 172 valence electrons. The molecule has 0 N–H and O–H groups in total. The van der Waals surface area contributed by atoms with Gasteiger partial charge in [-0.3, -0.25) is 9.30 Å². The summed E-state index contributed by atoms with van der Waals surface area (Å²) >= 11 is 0. The van der Waals surface area contributed by atoms with Crippen LogP contribution >= 0.6 is 0 Å². The number of hydrogen-bond acceptors (Lipinski definition) is 5. The summed E-state index contributed by atoms with van der Waals surface area (Å²) < 4.78 is 62.9. The van der Waals surface area contributed by atoms with E-state index < -0.39 is 18.0 Å². The van der Waals surface area contributed by atoms with Crippen molar-refractivity contribution in [1.82, 2.24) is 24.5 Å². The molecule has 0 saturated carbocycles. The number of aromatic nitrogens is 4. The van der Waals surface area contributed by atoms with Crippen LogP contribution in [-0.2, 0) is 0 Å². The van der Waals surface area contributed by atoms with E-state index in [0.717, 1.165) is 12.8 Å². The van der Waals surface area contributed by atoms with Crippen LogP contribution in [0.15, 0.2) is 42.6 Å². The van der Waals surface area contributed by atoms with E-state index in [-0.39, 0.29) is 11.3 Å². The van der Waals surface area contributed by atoms with Crippen molar-refractivity contribution in [3.63, 3.8) is 0 Å². The zero-order valence-electron chi connectivity index (χ0n) is 17.8. The smallest absolute Gasteiger partial charge is 0.408 e. The highest BCUT2D eigenvalue weighted by atomic mass is 19.4. The standard InChI is InChI=1S/C23H21F4N5O/c1-2-33-19-12-18-14(11-16(19)24)5-7-17(28-18)22-30-29-20-8-6-15(13-32(20)22)21(23(25,26)27)31-9-3-4-10-31/h5-8,11-13,21H,2-4,9-10H2,1H3/t21-/m0/s1. The minimum atomic E-state index is -4.41. The van der Waals surface area contributed by atoms with Gasteiger partial charge in [0.15, 0.2) is 23.0 Å². The lowest BCUT2D eigenvalue weighted by Crippen LogP contribution is -2.36. The fourth-order valence-corrected chi connectivity index (χ4v) is 4.36. The maximum atomic E-state index is 14.2. The van der Waals surface area contributed by atoms with E-state index in [4.69, 9.17) is 4.74 Å². The molecule has 1 fully saturated rings. The average Bonchev–Trinajstić information content (AvgIpc) is 3.43. The third kappa shape index (κ3) is 3.99. The summed E-state index contributed by atoms with van der Waals surface area (Å²) in [5.74, 6) is -0.100. The van der Waals surface area contributed by atoms with Crippen LogP contribution in [0.3, 0.4) is 0 Å². The highest BCUT2D eigenvalue weighted by Gasteiger charge is 2.45.